The third kappa shape index (κ3) is 5.56. The minimum absolute atomic E-state index is 0.524. The Bertz CT molecular complexity index is 299. The molecule has 2 nitrogen and oxygen atoms in total. The van der Waals surface area contributed by atoms with Crippen molar-refractivity contribution < 1.29 is 0 Å². The molecule has 0 bridgehead atoms. The van der Waals surface area contributed by atoms with Crippen molar-refractivity contribution in [2.24, 2.45) is 17.3 Å². The smallest absolute Gasteiger partial charge is 0.00530 e. The van der Waals surface area contributed by atoms with Crippen LogP contribution in [0, 0.1) is 17.3 Å². The summed E-state index contributed by atoms with van der Waals surface area (Å²) < 4.78 is 0. The summed E-state index contributed by atoms with van der Waals surface area (Å²) in [7, 11) is 0. The van der Waals surface area contributed by atoms with Crippen molar-refractivity contribution >= 4 is 0 Å². The summed E-state index contributed by atoms with van der Waals surface area (Å²) in [6.07, 6.45) is 8.63. The van der Waals surface area contributed by atoms with Crippen molar-refractivity contribution in [2.75, 3.05) is 19.6 Å². The predicted octanol–water partition coefficient (Wildman–Crippen LogP) is 4.30. The lowest BCUT2D eigenvalue weighted by Gasteiger charge is -2.44. The minimum atomic E-state index is 0.524. The lowest BCUT2D eigenvalue weighted by molar-refractivity contribution is 0.0661. The molecule has 2 heteroatoms. The minimum Gasteiger partial charge on any atom is -0.314 e. The molecule has 0 radical (unpaired) electrons. The number of hydrogen-bond donors (Lipinski definition) is 1. The van der Waals surface area contributed by atoms with E-state index in [4.69, 9.17) is 0 Å². The first-order valence-electron chi connectivity index (χ1n) is 9.38. The van der Waals surface area contributed by atoms with Crippen molar-refractivity contribution in [3.63, 3.8) is 0 Å². The van der Waals surface area contributed by atoms with Crippen molar-refractivity contribution in [1.82, 2.24) is 10.2 Å². The second-order valence-corrected chi connectivity index (χ2v) is 8.68. The summed E-state index contributed by atoms with van der Waals surface area (Å²) in [6, 6.07) is 1.30. The molecule has 2 rings (SSSR count). The molecule has 124 valence electrons. The van der Waals surface area contributed by atoms with Crippen LogP contribution in [0.4, 0.5) is 0 Å². The molecule has 0 heterocycles. The molecule has 0 aromatic rings. The van der Waals surface area contributed by atoms with E-state index in [1.165, 1.54) is 58.2 Å². The van der Waals surface area contributed by atoms with Crippen LogP contribution in [0.5, 0.6) is 0 Å². The number of nitrogens with zero attached hydrogens (tertiary/aromatic N) is 1. The SMILES string of the molecule is CC1CCC(CNC(C)C)(CN(CC2CC2)C(C)C)CC1. The molecule has 0 saturated heterocycles. The van der Waals surface area contributed by atoms with Crippen molar-refractivity contribution in [1.29, 1.82) is 0 Å². The van der Waals surface area contributed by atoms with Gasteiger partial charge in [0.1, 0.15) is 0 Å². The van der Waals surface area contributed by atoms with Crippen LogP contribution in [0.2, 0.25) is 0 Å². The lowest BCUT2D eigenvalue weighted by atomic mass is 9.70. The first-order valence-corrected chi connectivity index (χ1v) is 9.38. The Hall–Kier alpha value is -0.0800. The van der Waals surface area contributed by atoms with Crippen molar-refractivity contribution in [3.8, 4) is 0 Å². The zero-order valence-electron chi connectivity index (χ0n) is 15.1. The third-order valence-corrected chi connectivity index (χ3v) is 5.68. The van der Waals surface area contributed by atoms with Crippen LogP contribution in [-0.4, -0.2) is 36.6 Å². The second kappa shape index (κ2) is 7.46. The lowest BCUT2D eigenvalue weighted by Crippen LogP contribution is -2.49. The molecule has 0 atom stereocenters. The highest BCUT2D eigenvalue weighted by atomic mass is 15.2. The maximum Gasteiger partial charge on any atom is 0.00530 e. The van der Waals surface area contributed by atoms with Gasteiger partial charge in [-0.3, -0.25) is 0 Å². The Balaban J connectivity index is 1.98. The molecule has 1 N–H and O–H groups in total. The largest absolute Gasteiger partial charge is 0.314 e. The van der Waals surface area contributed by atoms with Gasteiger partial charge in [0.25, 0.3) is 0 Å². The molecule has 0 amide bonds. The monoisotopic (exact) mass is 294 g/mol. The summed E-state index contributed by atoms with van der Waals surface area (Å²) >= 11 is 0. The standard InChI is InChI=1S/C19H38N2/c1-15(2)20-13-19(10-8-17(5)9-11-19)14-21(16(3)4)12-18-6-7-18/h15-18,20H,6-14H2,1-5H3. The Morgan fingerprint density at radius 1 is 1.05 bits per heavy atom. The van der Waals surface area contributed by atoms with Crippen LogP contribution in [-0.2, 0) is 0 Å². The first kappa shape index (κ1) is 17.3. The molecule has 0 aromatic heterocycles. The van der Waals surface area contributed by atoms with Gasteiger partial charge in [0.05, 0.1) is 0 Å². The zero-order chi connectivity index (χ0) is 15.5. The summed E-state index contributed by atoms with van der Waals surface area (Å²) in [4.78, 5) is 2.79. The Labute approximate surface area is 133 Å². The zero-order valence-corrected chi connectivity index (χ0v) is 15.1. The maximum atomic E-state index is 3.76. The van der Waals surface area contributed by atoms with Crippen molar-refractivity contribution in [3.05, 3.63) is 0 Å². The van der Waals surface area contributed by atoms with Gasteiger partial charge < -0.3 is 10.2 Å². The Kier molecular flexibility index (Phi) is 6.14. The summed E-state index contributed by atoms with van der Waals surface area (Å²) in [5.74, 6) is 1.94. The van der Waals surface area contributed by atoms with E-state index < -0.39 is 0 Å². The molecule has 0 unspecified atom stereocenters. The summed E-state index contributed by atoms with van der Waals surface area (Å²) in [5.41, 5.74) is 0.524. The van der Waals surface area contributed by atoms with Crippen LogP contribution in [0.1, 0.15) is 73.1 Å². The van der Waals surface area contributed by atoms with Gasteiger partial charge in [-0.25, -0.2) is 0 Å². The molecule has 2 aliphatic rings. The number of hydrogen-bond acceptors (Lipinski definition) is 2. The van der Waals surface area contributed by atoms with Gasteiger partial charge in [-0.05, 0) is 56.8 Å². The number of nitrogens with one attached hydrogen (secondary N) is 1. The molecular formula is C19H38N2. The fourth-order valence-corrected chi connectivity index (χ4v) is 3.71. The highest BCUT2D eigenvalue weighted by Crippen LogP contribution is 2.40. The third-order valence-electron chi connectivity index (χ3n) is 5.68. The molecule has 2 fully saturated rings. The van der Waals surface area contributed by atoms with Gasteiger partial charge in [-0.1, -0.05) is 33.6 Å². The highest BCUT2D eigenvalue weighted by molar-refractivity contribution is 4.91. The summed E-state index contributed by atoms with van der Waals surface area (Å²) in [5, 5.41) is 3.76. The van der Waals surface area contributed by atoms with Crippen LogP contribution < -0.4 is 5.32 Å². The van der Waals surface area contributed by atoms with Crippen LogP contribution in [0.15, 0.2) is 0 Å². The molecule has 21 heavy (non-hydrogen) atoms. The first-order chi connectivity index (χ1) is 9.90. The molecule has 2 saturated carbocycles. The van der Waals surface area contributed by atoms with Gasteiger partial charge in [0.2, 0.25) is 0 Å². The molecule has 2 aliphatic carbocycles. The maximum absolute atomic E-state index is 3.76. The molecule has 0 spiro atoms. The van der Waals surface area contributed by atoms with E-state index in [0.717, 1.165) is 11.8 Å². The molecular weight excluding hydrogens is 256 g/mol. The van der Waals surface area contributed by atoms with Gasteiger partial charge in [-0.2, -0.15) is 0 Å². The average Bonchev–Trinajstić information content (AvgIpc) is 3.23. The van der Waals surface area contributed by atoms with E-state index in [9.17, 15) is 0 Å². The van der Waals surface area contributed by atoms with E-state index in [-0.39, 0.29) is 0 Å². The average molecular weight is 295 g/mol. The summed E-state index contributed by atoms with van der Waals surface area (Å²) in [6.45, 7) is 15.6. The van der Waals surface area contributed by atoms with Gasteiger partial charge in [0.15, 0.2) is 0 Å². The van der Waals surface area contributed by atoms with Gasteiger partial charge in [0, 0.05) is 31.7 Å². The highest BCUT2D eigenvalue weighted by Gasteiger charge is 2.37. The van der Waals surface area contributed by atoms with Crippen LogP contribution >= 0.6 is 0 Å². The molecule has 0 aromatic carbocycles. The Morgan fingerprint density at radius 2 is 1.67 bits per heavy atom. The van der Waals surface area contributed by atoms with E-state index in [1.807, 2.05) is 0 Å². The van der Waals surface area contributed by atoms with Crippen LogP contribution in [0.3, 0.4) is 0 Å². The van der Waals surface area contributed by atoms with E-state index >= 15 is 0 Å². The predicted molar refractivity (Wildman–Crippen MR) is 92.6 cm³/mol. The quantitative estimate of drug-likeness (QED) is 0.718. The Morgan fingerprint density at radius 3 is 2.14 bits per heavy atom. The fourth-order valence-electron chi connectivity index (χ4n) is 3.71. The van der Waals surface area contributed by atoms with E-state index in [0.29, 0.717) is 17.5 Å². The molecule has 0 aliphatic heterocycles. The number of rotatable bonds is 8. The van der Waals surface area contributed by atoms with Crippen LogP contribution in [0.25, 0.3) is 0 Å². The van der Waals surface area contributed by atoms with Gasteiger partial charge >= 0.3 is 0 Å². The van der Waals surface area contributed by atoms with E-state index in [1.54, 1.807) is 0 Å². The second-order valence-electron chi connectivity index (χ2n) is 8.68. The fraction of sp³-hybridized carbons (Fsp3) is 1.00. The topological polar surface area (TPSA) is 15.3 Å². The normalized spacial score (nSPS) is 30.6. The van der Waals surface area contributed by atoms with Crippen molar-refractivity contribution in [2.45, 2.75) is 85.2 Å². The van der Waals surface area contributed by atoms with Gasteiger partial charge in [-0.15, -0.1) is 0 Å². The van der Waals surface area contributed by atoms with E-state index in [2.05, 4.69) is 44.8 Å².